The molecular weight excluding hydrogens is 271 g/mol. The van der Waals surface area contributed by atoms with E-state index in [1.54, 1.807) is 0 Å². The molecule has 0 aromatic heterocycles. The van der Waals surface area contributed by atoms with Crippen molar-refractivity contribution in [1.29, 1.82) is 0 Å². The van der Waals surface area contributed by atoms with E-state index in [1.165, 1.54) is 32.0 Å². The number of nitrogens with one attached hydrogen (secondary N) is 1. The molecule has 7 heteroatoms. The van der Waals surface area contributed by atoms with Gasteiger partial charge in [-0.1, -0.05) is 0 Å². The third kappa shape index (κ3) is 3.30. The number of carbonyl (C=O) groups excluding carboxylic acids is 1. The van der Waals surface area contributed by atoms with Gasteiger partial charge in [0, 0.05) is 24.1 Å². The van der Waals surface area contributed by atoms with Crippen LogP contribution in [-0.2, 0) is 21.2 Å². The van der Waals surface area contributed by atoms with Gasteiger partial charge in [0.05, 0.1) is 0 Å². The summed E-state index contributed by atoms with van der Waals surface area (Å²) >= 11 is 0. The summed E-state index contributed by atoms with van der Waals surface area (Å²) in [5.74, 6) is -1.15. The number of benzene rings is 1. The zero-order valence-corrected chi connectivity index (χ0v) is 11.8. The summed E-state index contributed by atoms with van der Waals surface area (Å²) in [5.41, 5.74) is 5.91. The largest absolute Gasteiger partial charge is 0.326 e. The Hall–Kier alpha value is -1.47. The second-order valence-corrected chi connectivity index (χ2v) is 7.31. The van der Waals surface area contributed by atoms with Crippen LogP contribution in [0.1, 0.15) is 19.4 Å². The van der Waals surface area contributed by atoms with Gasteiger partial charge in [0.2, 0.25) is 5.91 Å². The molecule has 0 aliphatic heterocycles. The van der Waals surface area contributed by atoms with E-state index < -0.39 is 26.3 Å². The van der Waals surface area contributed by atoms with E-state index >= 15 is 0 Å². The number of amides is 1. The van der Waals surface area contributed by atoms with E-state index in [1.807, 2.05) is 0 Å². The van der Waals surface area contributed by atoms with Gasteiger partial charge in [0.25, 0.3) is 0 Å². The number of rotatable bonds is 4. The second-order valence-electron chi connectivity index (χ2n) is 4.75. The first-order valence-corrected chi connectivity index (χ1v) is 7.48. The molecule has 19 heavy (non-hydrogen) atoms. The van der Waals surface area contributed by atoms with Crippen molar-refractivity contribution in [2.45, 2.75) is 25.1 Å². The maximum Gasteiger partial charge on any atom is 0.245 e. The number of nitrogens with two attached hydrogens (primary N) is 1. The average Bonchev–Trinajstić information content (AvgIpc) is 2.30. The molecule has 1 aromatic carbocycles. The van der Waals surface area contributed by atoms with Gasteiger partial charge >= 0.3 is 0 Å². The van der Waals surface area contributed by atoms with E-state index in [0.717, 1.165) is 6.26 Å². The molecule has 0 bridgehead atoms. The van der Waals surface area contributed by atoms with Crippen LogP contribution >= 0.6 is 0 Å². The molecular formula is C12H17FN2O3S. The summed E-state index contributed by atoms with van der Waals surface area (Å²) < 4.78 is 34.7. The van der Waals surface area contributed by atoms with Crippen LogP contribution in [0.15, 0.2) is 18.2 Å². The van der Waals surface area contributed by atoms with E-state index in [-0.39, 0.29) is 12.1 Å². The molecule has 1 aromatic rings. The van der Waals surface area contributed by atoms with Gasteiger partial charge in [-0.3, -0.25) is 4.79 Å². The fraction of sp³-hybridized carbons (Fsp3) is 0.417. The smallest absolute Gasteiger partial charge is 0.245 e. The molecule has 106 valence electrons. The van der Waals surface area contributed by atoms with Crippen molar-refractivity contribution in [3.8, 4) is 0 Å². The minimum atomic E-state index is -3.56. The van der Waals surface area contributed by atoms with Crippen molar-refractivity contribution in [3.63, 3.8) is 0 Å². The van der Waals surface area contributed by atoms with Crippen molar-refractivity contribution in [1.82, 2.24) is 0 Å². The Labute approximate surface area is 111 Å². The third-order valence-electron chi connectivity index (χ3n) is 3.00. The minimum Gasteiger partial charge on any atom is -0.326 e. The van der Waals surface area contributed by atoms with Gasteiger partial charge in [-0.25, -0.2) is 12.8 Å². The zero-order valence-electron chi connectivity index (χ0n) is 11.0. The fourth-order valence-electron chi connectivity index (χ4n) is 1.26. The third-order valence-corrected chi connectivity index (χ3v) is 5.04. The van der Waals surface area contributed by atoms with Crippen LogP contribution in [0.4, 0.5) is 10.1 Å². The Morgan fingerprint density at radius 2 is 2.00 bits per heavy atom. The molecule has 5 nitrogen and oxygen atoms in total. The quantitative estimate of drug-likeness (QED) is 0.866. The van der Waals surface area contributed by atoms with Crippen LogP contribution in [0.2, 0.25) is 0 Å². The molecule has 1 rings (SSSR count). The Bertz CT molecular complexity index is 597. The number of anilines is 1. The Balaban J connectivity index is 3.01. The highest BCUT2D eigenvalue weighted by atomic mass is 32.2. The molecule has 0 saturated carbocycles. The average molecular weight is 288 g/mol. The lowest BCUT2D eigenvalue weighted by atomic mass is 10.1. The molecule has 0 radical (unpaired) electrons. The van der Waals surface area contributed by atoms with Gasteiger partial charge in [-0.15, -0.1) is 0 Å². The summed E-state index contributed by atoms with van der Waals surface area (Å²) in [5, 5.41) is 2.45. The predicted molar refractivity (Wildman–Crippen MR) is 71.8 cm³/mol. The molecule has 0 saturated heterocycles. The SMILES string of the molecule is CC(C)(C(=O)Nc1ccc(F)c(CN)c1)S(C)(=O)=O. The second kappa shape index (κ2) is 5.26. The molecule has 0 atom stereocenters. The van der Waals surface area contributed by atoms with Crippen molar-refractivity contribution in [2.24, 2.45) is 5.73 Å². The molecule has 0 spiro atoms. The first-order valence-electron chi connectivity index (χ1n) is 5.59. The number of carbonyl (C=O) groups is 1. The number of halogens is 1. The van der Waals surface area contributed by atoms with Crippen LogP contribution in [0.25, 0.3) is 0 Å². The van der Waals surface area contributed by atoms with Crippen molar-refractivity contribution in [2.75, 3.05) is 11.6 Å². The molecule has 0 heterocycles. The number of sulfone groups is 1. The van der Waals surface area contributed by atoms with E-state index in [2.05, 4.69) is 5.32 Å². The van der Waals surface area contributed by atoms with Crippen molar-refractivity contribution in [3.05, 3.63) is 29.6 Å². The highest BCUT2D eigenvalue weighted by Crippen LogP contribution is 2.20. The summed E-state index contributed by atoms with van der Waals surface area (Å²) in [6.45, 7) is 2.61. The molecule has 0 aliphatic rings. The lowest BCUT2D eigenvalue weighted by Gasteiger charge is -2.21. The molecule has 0 aliphatic carbocycles. The van der Waals surface area contributed by atoms with Crippen molar-refractivity contribution < 1.29 is 17.6 Å². The highest BCUT2D eigenvalue weighted by Gasteiger charge is 2.38. The summed E-state index contributed by atoms with van der Waals surface area (Å²) in [7, 11) is -3.56. The normalized spacial score (nSPS) is 12.3. The summed E-state index contributed by atoms with van der Waals surface area (Å²) in [6, 6.07) is 3.90. The van der Waals surface area contributed by atoms with Crippen LogP contribution in [0.5, 0.6) is 0 Å². The molecule has 0 fully saturated rings. The van der Waals surface area contributed by atoms with E-state index in [0.29, 0.717) is 5.69 Å². The van der Waals surface area contributed by atoms with Crippen LogP contribution in [0, 0.1) is 5.82 Å². The lowest BCUT2D eigenvalue weighted by Crippen LogP contribution is -2.43. The van der Waals surface area contributed by atoms with Gasteiger partial charge in [-0.2, -0.15) is 0 Å². The minimum absolute atomic E-state index is 0.00892. The van der Waals surface area contributed by atoms with E-state index in [9.17, 15) is 17.6 Å². The van der Waals surface area contributed by atoms with E-state index in [4.69, 9.17) is 5.73 Å². The van der Waals surface area contributed by atoms with Crippen LogP contribution in [0.3, 0.4) is 0 Å². The Morgan fingerprint density at radius 3 is 2.47 bits per heavy atom. The molecule has 0 unspecified atom stereocenters. The van der Waals surface area contributed by atoms with Crippen molar-refractivity contribution >= 4 is 21.4 Å². The maximum absolute atomic E-state index is 13.2. The summed E-state index contributed by atoms with van der Waals surface area (Å²) in [4.78, 5) is 12.0. The predicted octanol–water partition coefficient (Wildman–Crippen LogP) is 1.05. The van der Waals surface area contributed by atoms with Gasteiger partial charge in [-0.05, 0) is 32.0 Å². The zero-order chi connectivity index (χ0) is 14.8. The topological polar surface area (TPSA) is 89.3 Å². The number of hydrogen-bond acceptors (Lipinski definition) is 4. The number of hydrogen-bond donors (Lipinski definition) is 2. The highest BCUT2D eigenvalue weighted by molar-refractivity contribution is 7.92. The molecule has 3 N–H and O–H groups in total. The fourth-order valence-corrected chi connectivity index (χ4v) is 1.65. The first-order chi connectivity index (χ1) is 8.59. The Morgan fingerprint density at radius 1 is 1.42 bits per heavy atom. The van der Waals surface area contributed by atoms with Crippen LogP contribution < -0.4 is 11.1 Å². The van der Waals surface area contributed by atoms with Gasteiger partial charge in [0.15, 0.2) is 9.84 Å². The van der Waals surface area contributed by atoms with Gasteiger partial charge < -0.3 is 11.1 Å². The maximum atomic E-state index is 13.2. The monoisotopic (exact) mass is 288 g/mol. The molecule has 1 amide bonds. The van der Waals surface area contributed by atoms with Crippen LogP contribution in [-0.4, -0.2) is 25.3 Å². The Kier molecular flexibility index (Phi) is 4.32. The standard InChI is InChI=1S/C12H17FN2O3S/c1-12(2,19(3,17)18)11(16)15-9-4-5-10(13)8(6-9)7-14/h4-6H,7,14H2,1-3H3,(H,15,16). The van der Waals surface area contributed by atoms with Gasteiger partial charge in [0.1, 0.15) is 10.6 Å². The first kappa shape index (κ1) is 15.6. The lowest BCUT2D eigenvalue weighted by molar-refractivity contribution is -0.117. The summed E-state index contributed by atoms with van der Waals surface area (Å²) in [6.07, 6.45) is 0.989.